The average Bonchev–Trinajstić information content (AvgIpc) is 3.02. The number of benzene rings is 1. The number of esters is 1. The third kappa shape index (κ3) is 5.99. The first-order chi connectivity index (χ1) is 15.8. The maximum absolute atomic E-state index is 13.8. The molecule has 0 spiro atoms. The molecule has 2 heterocycles. The van der Waals surface area contributed by atoms with E-state index in [0.29, 0.717) is 34.3 Å². The van der Waals surface area contributed by atoms with E-state index < -0.39 is 30.2 Å². The van der Waals surface area contributed by atoms with Gasteiger partial charge in [-0.3, -0.25) is 9.78 Å². The van der Waals surface area contributed by atoms with Crippen molar-refractivity contribution in [1.29, 1.82) is 0 Å². The van der Waals surface area contributed by atoms with Crippen molar-refractivity contribution < 1.29 is 27.4 Å². The van der Waals surface area contributed by atoms with Crippen LogP contribution in [-0.2, 0) is 27.2 Å². The largest absolute Gasteiger partial charge is 0.465 e. The summed E-state index contributed by atoms with van der Waals surface area (Å²) >= 11 is 3.46. The molecule has 0 aliphatic heterocycles. The van der Waals surface area contributed by atoms with Crippen molar-refractivity contribution in [2.75, 3.05) is 13.7 Å². The van der Waals surface area contributed by atoms with Crippen molar-refractivity contribution in [3.63, 3.8) is 0 Å². The lowest BCUT2D eigenvalue weighted by Gasteiger charge is -2.25. The van der Waals surface area contributed by atoms with E-state index in [1.807, 2.05) is 26.8 Å². The number of nitrogens with zero attached hydrogens (tertiary/aromatic N) is 2. The van der Waals surface area contributed by atoms with Crippen molar-refractivity contribution in [2.24, 2.45) is 5.41 Å². The van der Waals surface area contributed by atoms with Gasteiger partial charge in [0.15, 0.2) is 0 Å². The molecule has 0 bridgehead atoms. The fourth-order valence-corrected chi connectivity index (χ4v) is 4.47. The summed E-state index contributed by atoms with van der Waals surface area (Å²) in [6.45, 7) is 5.97. The Kier molecular flexibility index (Phi) is 7.77. The van der Waals surface area contributed by atoms with Crippen LogP contribution in [-0.4, -0.2) is 35.4 Å². The normalized spacial score (nSPS) is 13.3. The van der Waals surface area contributed by atoms with Gasteiger partial charge in [-0.05, 0) is 49.2 Å². The predicted octanol–water partition coefficient (Wildman–Crippen LogP) is 6.87. The number of carbonyl (C=O) groups excluding carboxylic acids is 1. The lowest BCUT2D eigenvalue weighted by Crippen LogP contribution is -2.24. The highest BCUT2D eigenvalue weighted by Gasteiger charge is 2.34. The molecule has 0 aliphatic carbocycles. The van der Waals surface area contributed by atoms with Crippen LogP contribution in [0.1, 0.15) is 45.1 Å². The molecule has 34 heavy (non-hydrogen) atoms. The second kappa shape index (κ2) is 10.1. The molecule has 0 N–H and O–H groups in total. The SMILES string of the molecule is CO[C@@H](C)c1ncccc1-c1c(CC(C)(C)COC(C)=O)c2cc(Br)ccc2n1CC(F)(F)F. The number of alkyl halides is 3. The molecule has 3 rings (SSSR count). The maximum Gasteiger partial charge on any atom is 0.406 e. The number of halogens is 4. The van der Waals surface area contributed by atoms with E-state index in [1.54, 1.807) is 30.5 Å². The number of aromatic nitrogens is 2. The Morgan fingerprint density at radius 3 is 2.56 bits per heavy atom. The van der Waals surface area contributed by atoms with Crippen molar-refractivity contribution in [1.82, 2.24) is 9.55 Å². The van der Waals surface area contributed by atoms with Crippen LogP contribution < -0.4 is 0 Å². The quantitative estimate of drug-likeness (QED) is 0.292. The minimum Gasteiger partial charge on any atom is -0.465 e. The van der Waals surface area contributed by atoms with Gasteiger partial charge in [-0.25, -0.2) is 0 Å². The number of ether oxygens (including phenoxy) is 2. The summed E-state index contributed by atoms with van der Waals surface area (Å²) < 4.78 is 54.2. The number of rotatable bonds is 8. The first kappa shape index (κ1) is 26.2. The zero-order valence-electron chi connectivity index (χ0n) is 19.8. The highest BCUT2D eigenvalue weighted by Crippen LogP contribution is 2.42. The summed E-state index contributed by atoms with van der Waals surface area (Å²) in [7, 11) is 1.54. The van der Waals surface area contributed by atoms with Gasteiger partial charge in [0.1, 0.15) is 6.54 Å². The van der Waals surface area contributed by atoms with E-state index >= 15 is 0 Å². The molecule has 0 amide bonds. The number of hydrogen-bond acceptors (Lipinski definition) is 4. The van der Waals surface area contributed by atoms with Crippen molar-refractivity contribution >= 4 is 32.8 Å². The van der Waals surface area contributed by atoms with Gasteiger partial charge >= 0.3 is 12.1 Å². The van der Waals surface area contributed by atoms with E-state index in [4.69, 9.17) is 9.47 Å². The number of hydrogen-bond donors (Lipinski definition) is 0. The van der Waals surface area contributed by atoms with E-state index in [0.717, 1.165) is 10.0 Å². The second-order valence-electron chi connectivity index (χ2n) is 9.13. The van der Waals surface area contributed by atoms with Gasteiger partial charge in [0, 0.05) is 46.6 Å². The molecule has 5 nitrogen and oxygen atoms in total. The molecular formula is C25H28BrF3N2O3. The van der Waals surface area contributed by atoms with Crippen LogP contribution in [0.25, 0.3) is 22.2 Å². The van der Waals surface area contributed by atoms with Gasteiger partial charge in [-0.1, -0.05) is 29.8 Å². The number of methoxy groups -OCH3 is 1. The van der Waals surface area contributed by atoms with Crippen LogP contribution in [0, 0.1) is 5.41 Å². The fourth-order valence-electron chi connectivity index (χ4n) is 4.11. The van der Waals surface area contributed by atoms with Gasteiger partial charge in [-0.2, -0.15) is 13.2 Å². The molecule has 0 saturated carbocycles. The highest BCUT2D eigenvalue weighted by atomic mass is 79.9. The predicted molar refractivity (Wildman–Crippen MR) is 128 cm³/mol. The Hall–Kier alpha value is -2.39. The molecule has 1 atom stereocenters. The molecule has 0 fully saturated rings. The first-order valence-electron chi connectivity index (χ1n) is 10.8. The highest BCUT2D eigenvalue weighted by molar-refractivity contribution is 9.10. The Morgan fingerprint density at radius 2 is 1.94 bits per heavy atom. The molecule has 184 valence electrons. The summed E-state index contributed by atoms with van der Waals surface area (Å²) in [4.78, 5) is 15.9. The Bertz CT molecular complexity index is 1190. The molecule has 9 heteroatoms. The van der Waals surface area contributed by atoms with Crippen LogP contribution in [0.15, 0.2) is 41.0 Å². The lowest BCUT2D eigenvalue weighted by atomic mass is 9.84. The van der Waals surface area contributed by atoms with E-state index in [9.17, 15) is 18.0 Å². The van der Waals surface area contributed by atoms with Gasteiger partial charge < -0.3 is 14.0 Å². The summed E-state index contributed by atoms with van der Waals surface area (Å²) in [6, 6.07) is 8.73. The van der Waals surface area contributed by atoms with Gasteiger partial charge in [-0.15, -0.1) is 0 Å². The summed E-state index contributed by atoms with van der Waals surface area (Å²) in [5.41, 5.74) is 2.23. The summed E-state index contributed by atoms with van der Waals surface area (Å²) in [5, 5.41) is 0.699. The van der Waals surface area contributed by atoms with Gasteiger partial charge in [0.25, 0.3) is 0 Å². The van der Waals surface area contributed by atoms with Crippen LogP contribution >= 0.6 is 15.9 Å². The Labute approximate surface area is 205 Å². The fraction of sp³-hybridized carbons (Fsp3) is 0.440. The Balaban J connectivity index is 2.36. The van der Waals surface area contributed by atoms with E-state index in [-0.39, 0.29) is 6.61 Å². The monoisotopic (exact) mass is 540 g/mol. The van der Waals surface area contributed by atoms with Crippen molar-refractivity contribution in [3.8, 4) is 11.3 Å². The standard InChI is InChI=1S/C25H28BrF3N2O3/c1-15(33-5)22-18(7-6-10-30-22)23-20(12-24(3,4)14-34-16(2)32)19-11-17(26)8-9-21(19)31(23)13-25(27,28)29/h6-11,15H,12-14H2,1-5H3/t15-/m0/s1. The lowest BCUT2D eigenvalue weighted by molar-refractivity contribution is -0.144. The minimum absolute atomic E-state index is 0.135. The van der Waals surface area contributed by atoms with Crippen LogP contribution in [0.4, 0.5) is 13.2 Å². The molecule has 3 aromatic rings. The summed E-state index contributed by atoms with van der Waals surface area (Å²) in [5.74, 6) is -0.404. The molecule has 0 radical (unpaired) electrons. The second-order valence-corrected chi connectivity index (χ2v) is 10.0. The smallest absolute Gasteiger partial charge is 0.406 e. The number of pyridine rings is 1. The molecular weight excluding hydrogens is 513 g/mol. The number of carbonyl (C=O) groups is 1. The van der Waals surface area contributed by atoms with Crippen LogP contribution in [0.2, 0.25) is 0 Å². The maximum atomic E-state index is 13.8. The van der Waals surface area contributed by atoms with Crippen LogP contribution in [0.5, 0.6) is 0 Å². The molecule has 0 unspecified atom stereocenters. The summed E-state index contributed by atoms with van der Waals surface area (Å²) in [6.07, 6.45) is -2.88. The molecule has 1 aromatic carbocycles. The third-order valence-corrected chi connectivity index (χ3v) is 6.11. The van der Waals surface area contributed by atoms with Crippen LogP contribution in [0.3, 0.4) is 0 Å². The number of fused-ring (bicyclic) bond motifs is 1. The zero-order valence-corrected chi connectivity index (χ0v) is 21.4. The van der Waals surface area contributed by atoms with Crippen molar-refractivity contribution in [3.05, 3.63) is 52.3 Å². The molecule has 0 aliphatic rings. The first-order valence-corrected chi connectivity index (χ1v) is 11.6. The topological polar surface area (TPSA) is 53.4 Å². The van der Waals surface area contributed by atoms with E-state index in [2.05, 4.69) is 20.9 Å². The zero-order chi connectivity index (χ0) is 25.3. The van der Waals surface area contributed by atoms with E-state index in [1.165, 1.54) is 18.6 Å². The molecule has 0 saturated heterocycles. The van der Waals surface area contributed by atoms with Gasteiger partial charge in [0.2, 0.25) is 0 Å². The minimum atomic E-state index is -4.44. The molecule has 2 aromatic heterocycles. The third-order valence-electron chi connectivity index (χ3n) is 5.62. The Morgan fingerprint density at radius 1 is 1.24 bits per heavy atom. The van der Waals surface area contributed by atoms with Gasteiger partial charge in [0.05, 0.1) is 24.1 Å². The average molecular weight is 541 g/mol. The van der Waals surface area contributed by atoms with Crippen molar-refractivity contribution in [2.45, 2.75) is 52.9 Å².